The maximum absolute atomic E-state index is 11.8. The molecule has 15 heavy (non-hydrogen) atoms. The van der Waals surface area contributed by atoms with Crippen molar-refractivity contribution < 1.29 is 9.53 Å². The zero-order chi connectivity index (χ0) is 11.4. The minimum atomic E-state index is -0.241. The second kappa shape index (κ2) is 5.52. The van der Waals surface area contributed by atoms with E-state index in [2.05, 4.69) is 15.9 Å². The summed E-state index contributed by atoms with van der Waals surface area (Å²) in [6.07, 6.45) is 0. The van der Waals surface area contributed by atoms with Crippen molar-refractivity contribution >= 4 is 33.3 Å². The predicted octanol–water partition coefficient (Wildman–Crippen LogP) is 3.70. The molecule has 0 N–H and O–H groups in total. The van der Waals surface area contributed by atoms with Gasteiger partial charge in [0.2, 0.25) is 0 Å². The lowest BCUT2D eigenvalue weighted by Crippen LogP contribution is -2.12. The number of Topliss-reactive ketones (excluding diaryl/α,β-unsaturated/α-hetero) is 1. The molecule has 0 bridgehead atoms. The molecule has 0 saturated heterocycles. The third kappa shape index (κ3) is 2.95. The van der Waals surface area contributed by atoms with E-state index < -0.39 is 0 Å². The van der Waals surface area contributed by atoms with Crippen molar-refractivity contribution in [2.75, 3.05) is 6.61 Å². The monoisotopic (exact) mass is 290 g/mol. The second-order valence-electron chi connectivity index (χ2n) is 3.03. The van der Waals surface area contributed by atoms with E-state index in [0.717, 1.165) is 0 Å². The van der Waals surface area contributed by atoms with Crippen molar-refractivity contribution in [2.45, 2.75) is 18.7 Å². The van der Waals surface area contributed by atoms with E-state index >= 15 is 0 Å². The summed E-state index contributed by atoms with van der Waals surface area (Å²) in [5.74, 6) is 0.443. The zero-order valence-corrected chi connectivity index (χ0v) is 10.9. The van der Waals surface area contributed by atoms with Gasteiger partial charge in [0, 0.05) is 0 Å². The number of hydrogen-bond donors (Lipinski definition) is 0. The predicted molar refractivity (Wildman–Crippen MR) is 65.3 cm³/mol. The normalized spacial score (nSPS) is 12.3. The van der Waals surface area contributed by atoms with Crippen LogP contribution in [-0.2, 0) is 0 Å². The molecule has 0 aromatic heterocycles. The molecular formula is C11H12BrClO2. The molecule has 0 radical (unpaired) electrons. The molecule has 0 amide bonds. The Hall–Kier alpha value is -0.540. The largest absolute Gasteiger partial charge is 0.492 e. The first-order valence-corrected chi connectivity index (χ1v) is 5.96. The van der Waals surface area contributed by atoms with Crippen LogP contribution >= 0.6 is 27.5 Å². The number of carbonyl (C=O) groups is 1. The van der Waals surface area contributed by atoms with Crippen LogP contribution in [-0.4, -0.2) is 17.2 Å². The summed E-state index contributed by atoms with van der Waals surface area (Å²) in [5, 5.41) is 0.468. The van der Waals surface area contributed by atoms with E-state index in [0.29, 0.717) is 22.9 Å². The minimum Gasteiger partial charge on any atom is -0.492 e. The van der Waals surface area contributed by atoms with Gasteiger partial charge in [-0.2, -0.15) is 0 Å². The number of alkyl halides is 1. The van der Waals surface area contributed by atoms with Crippen LogP contribution in [0.25, 0.3) is 0 Å². The van der Waals surface area contributed by atoms with Crippen molar-refractivity contribution in [1.82, 2.24) is 0 Å². The Labute approximate surface area is 103 Å². The molecule has 1 aromatic rings. The van der Waals surface area contributed by atoms with Gasteiger partial charge < -0.3 is 4.74 Å². The molecule has 1 rings (SSSR count). The number of rotatable bonds is 4. The van der Waals surface area contributed by atoms with E-state index in [1.54, 1.807) is 25.1 Å². The zero-order valence-electron chi connectivity index (χ0n) is 8.59. The molecule has 2 nitrogen and oxygen atoms in total. The second-order valence-corrected chi connectivity index (χ2v) is 4.81. The number of halogens is 2. The van der Waals surface area contributed by atoms with Crippen LogP contribution in [0.3, 0.4) is 0 Å². The Bertz CT molecular complexity index is 364. The smallest absolute Gasteiger partial charge is 0.179 e. The summed E-state index contributed by atoms with van der Waals surface area (Å²) in [7, 11) is 0. The van der Waals surface area contributed by atoms with E-state index in [-0.39, 0.29) is 10.6 Å². The number of ketones is 1. The maximum Gasteiger partial charge on any atom is 0.179 e. The van der Waals surface area contributed by atoms with Gasteiger partial charge in [0.15, 0.2) is 5.78 Å². The number of carbonyl (C=O) groups excluding carboxylic acids is 1. The highest BCUT2D eigenvalue weighted by Crippen LogP contribution is 2.30. The van der Waals surface area contributed by atoms with Gasteiger partial charge in [-0.05, 0) is 26.0 Å². The van der Waals surface area contributed by atoms with Gasteiger partial charge in [-0.1, -0.05) is 33.6 Å². The highest BCUT2D eigenvalue weighted by Gasteiger charge is 2.18. The van der Waals surface area contributed by atoms with E-state index in [9.17, 15) is 4.79 Å². The maximum atomic E-state index is 11.8. The van der Waals surface area contributed by atoms with Crippen LogP contribution in [0.5, 0.6) is 5.75 Å². The first-order valence-electron chi connectivity index (χ1n) is 4.67. The Morgan fingerprint density at radius 1 is 1.60 bits per heavy atom. The van der Waals surface area contributed by atoms with Crippen LogP contribution in [0.1, 0.15) is 24.2 Å². The molecule has 0 aliphatic carbocycles. The van der Waals surface area contributed by atoms with Crippen LogP contribution in [0.2, 0.25) is 5.02 Å². The Morgan fingerprint density at radius 3 is 2.80 bits per heavy atom. The van der Waals surface area contributed by atoms with Crippen molar-refractivity contribution in [3.8, 4) is 5.75 Å². The molecule has 0 heterocycles. The van der Waals surface area contributed by atoms with Gasteiger partial charge in [-0.25, -0.2) is 0 Å². The molecule has 0 spiro atoms. The lowest BCUT2D eigenvalue weighted by Gasteiger charge is -2.11. The Kier molecular flexibility index (Phi) is 4.61. The minimum absolute atomic E-state index is 0.0269. The summed E-state index contributed by atoms with van der Waals surface area (Å²) in [4.78, 5) is 11.6. The summed E-state index contributed by atoms with van der Waals surface area (Å²) >= 11 is 9.20. The van der Waals surface area contributed by atoms with E-state index in [4.69, 9.17) is 16.3 Å². The summed E-state index contributed by atoms with van der Waals surface area (Å²) in [5.41, 5.74) is 0.522. The standard InChI is InChI=1S/C11H12BrClO2/c1-3-15-11-8(10(14)7(2)12)5-4-6-9(11)13/h4-7H,3H2,1-2H3. The van der Waals surface area contributed by atoms with Crippen LogP contribution in [0.15, 0.2) is 18.2 Å². The van der Waals surface area contributed by atoms with Gasteiger partial charge in [0.1, 0.15) is 5.75 Å². The quantitative estimate of drug-likeness (QED) is 0.624. The lowest BCUT2D eigenvalue weighted by molar-refractivity contribution is 0.0992. The van der Waals surface area contributed by atoms with Gasteiger partial charge >= 0.3 is 0 Å². The summed E-state index contributed by atoms with van der Waals surface area (Å²) < 4.78 is 5.37. The van der Waals surface area contributed by atoms with Crippen LogP contribution < -0.4 is 4.74 Å². The third-order valence-electron chi connectivity index (χ3n) is 1.88. The van der Waals surface area contributed by atoms with Gasteiger partial charge in [-0.3, -0.25) is 4.79 Å². The van der Waals surface area contributed by atoms with E-state index in [1.807, 2.05) is 6.92 Å². The van der Waals surface area contributed by atoms with Crippen molar-refractivity contribution in [3.05, 3.63) is 28.8 Å². The fourth-order valence-electron chi connectivity index (χ4n) is 1.21. The molecule has 0 saturated carbocycles. The molecule has 4 heteroatoms. The van der Waals surface area contributed by atoms with Crippen LogP contribution in [0.4, 0.5) is 0 Å². The molecule has 1 aromatic carbocycles. The van der Waals surface area contributed by atoms with Gasteiger partial charge in [0.25, 0.3) is 0 Å². The van der Waals surface area contributed by atoms with Crippen LogP contribution in [0, 0.1) is 0 Å². The molecule has 0 fully saturated rings. The summed E-state index contributed by atoms with van der Waals surface area (Å²) in [6, 6.07) is 5.17. The fourth-order valence-corrected chi connectivity index (χ4v) is 1.68. The first-order chi connectivity index (χ1) is 7.07. The third-order valence-corrected chi connectivity index (χ3v) is 2.60. The number of benzene rings is 1. The molecule has 0 aliphatic rings. The Morgan fingerprint density at radius 2 is 2.27 bits per heavy atom. The van der Waals surface area contributed by atoms with Crippen molar-refractivity contribution in [2.24, 2.45) is 0 Å². The number of para-hydroxylation sites is 1. The van der Waals surface area contributed by atoms with Crippen molar-refractivity contribution in [1.29, 1.82) is 0 Å². The first kappa shape index (κ1) is 12.5. The number of hydrogen-bond acceptors (Lipinski definition) is 2. The Balaban J connectivity index is 3.16. The average Bonchev–Trinajstić information content (AvgIpc) is 2.20. The summed E-state index contributed by atoms with van der Waals surface area (Å²) in [6.45, 7) is 4.12. The topological polar surface area (TPSA) is 26.3 Å². The molecule has 1 atom stereocenters. The number of ether oxygens (including phenoxy) is 1. The van der Waals surface area contributed by atoms with E-state index in [1.165, 1.54) is 0 Å². The molecule has 0 aliphatic heterocycles. The molecule has 82 valence electrons. The molecule has 1 unspecified atom stereocenters. The average molecular weight is 292 g/mol. The van der Waals surface area contributed by atoms with Gasteiger partial charge in [-0.15, -0.1) is 0 Å². The SMILES string of the molecule is CCOc1c(Cl)cccc1C(=O)C(C)Br. The molecular weight excluding hydrogens is 279 g/mol. The highest BCUT2D eigenvalue weighted by atomic mass is 79.9. The highest BCUT2D eigenvalue weighted by molar-refractivity contribution is 9.10. The van der Waals surface area contributed by atoms with Crippen molar-refractivity contribution in [3.63, 3.8) is 0 Å². The van der Waals surface area contributed by atoms with Gasteiger partial charge in [0.05, 0.1) is 22.0 Å². The lowest BCUT2D eigenvalue weighted by atomic mass is 10.1. The fraction of sp³-hybridized carbons (Fsp3) is 0.364.